The molecule has 1 atom stereocenters. The van der Waals surface area contributed by atoms with Crippen LogP contribution in [0.15, 0.2) is 48.5 Å². The summed E-state index contributed by atoms with van der Waals surface area (Å²) in [6.07, 6.45) is -3.23. The van der Waals surface area contributed by atoms with Crippen molar-refractivity contribution >= 4 is 11.6 Å². The molecule has 1 aliphatic rings. The number of nitrogens with two attached hydrogens (primary N) is 2. The number of rotatable bonds is 8. The third kappa shape index (κ3) is 6.08. The fourth-order valence-electron chi connectivity index (χ4n) is 4.12. The van der Waals surface area contributed by atoms with E-state index in [1.54, 1.807) is 6.92 Å². The van der Waals surface area contributed by atoms with Crippen LogP contribution in [0.3, 0.4) is 0 Å². The minimum atomic E-state index is -4.70. The molecule has 1 saturated carbocycles. The van der Waals surface area contributed by atoms with Crippen LogP contribution < -0.4 is 21.5 Å². The van der Waals surface area contributed by atoms with Gasteiger partial charge in [0.15, 0.2) is 0 Å². The predicted molar refractivity (Wildman–Crippen MR) is 130 cm³/mol. The standard InChI is InChI=1S/C27H26F5N3O2/c1-14-10-16(28)4-7-24(14)37-25-13-18(15-2-3-15)21(27(30,31)32)12-20(25)26(36)35-17-5-6-22(29)19(11-17)23(34)8-9-33/h4-7,10-13,15,23H,2-3,8-9,33-34H2,1H3,(H,35,36). The molecule has 0 heterocycles. The Hall–Kier alpha value is -3.50. The van der Waals surface area contributed by atoms with E-state index in [1.165, 1.54) is 30.3 Å². The van der Waals surface area contributed by atoms with Crippen LogP contribution >= 0.6 is 0 Å². The SMILES string of the molecule is Cc1cc(F)ccc1Oc1cc(C2CC2)c(C(F)(F)F)cc1C(=O)Nc1ccc(F)c(C(N)CCN)c1. The summed E-state index contributed by atoms with van der Waals surface area (Å²) in [6.45, 7) is 1.79. The van der Waals surface area contributed by atoms with Gasteiger partial charge >= 0.3 is 6.18 Å². The smallest absolute Gasteiger partial charge is 0.416 e. The molecule has 37 heavy (non-hydrogen) atoms. The highest BCUT2D eigenvalue weighted by Gasteiger charge is 2.40. The molecular formula is C27H26F5N3O2. The Kier molecular flexibility index (Phi) is 7.52. The molecule has 0 radical (unpaired) electrons. The van der Waals surface area contributed by atoms with Crippen LogP contribution in [0.1, 0.15) is 63.8 Å². The van der Waals surface area contributed by atoms with Crippen LogP contribution in [0.2, 0.25) is 0 Å². The number of hydrogen-bond acceptors (Lipinski definition) is 4. The Balaban J connectivity index is 1.76. The number of hydrogen-bond donors (Lipinski definition) is 3. The summed E-state index contributed by atoms with van der Waals surface area (Å²) >= 11 is 0. The number of aryl methyl sites for hydroxylation is 1. The van der Waals surface area contributed by atoms with Crippen molar-refractivity contribution in [2.45, 2.75) is 44.3 Å². The van der Waals surface area contributed by atoms with Crippen LogP contribution in [-0.2, 0) is 6.18 Å². The molecule has 1 unspecified atom stereocenters. The molecule has 3 aromatic rings. The van der Waals surface area contributed by atoms with Gasteiger partial charge in [-0.25, -0.2) is 8.78 Å². The largest absolute Gasteiger partial charge is 0.456 e. The second-order valence-electron chi connectivity index (χ2n) is 9.09. The Morgan fingerprint density at radius 2 is 1.81 bits per heavy atom. The van der Waals surface area contributed by atoms with Crippen molar-refractivity contribution in [1.29, 1.82) is 0 Å². The van der Waals surface area contributed by atoms with Crippen molar-refractivity contribution in [3.8, 4) is 11.5 Å². The van der Waals surface area contributed by atoms with Gasteiger partial charge in [-0.3, -0.25) is 4.79 Å². The van der Waals surface area contributed by atoms with Gasteiger partial charge in [0, 0.05) is 17.3 Å². The zero-order valence-corrected chi connectivity index (χ0v) is 20.0. The highest BCUT2D eigenvalue weighted by molar-refractivity contribution is 6.06. The van der Waals surface area contributed by atoms with E-state index in [4.69, 9.17) is 16.2 Å². The van der Waals surface area contributed by atoms with Crippen molar-refractivity contribution < 1.29 is 31.5 Å². The number of alkyl halides is 3. The number of anilines is 1. The number of amides is 1. The normalized spacial score (nSPS) is 14.4. The maximum Gasteiger partial charge on any atom is 0.416 e. The first-order valence-electron chi connectivity index (χ1n) is 11.7. The van der Waals surface area contributed by atoms with Crippen LogP contribution in [0.4, 0.5) is 27.6 Å². The van der Waals surface area contributed by atoms with Crippen LogP contribution in [-0.4, -0.2) is 12.5 Å². The molecule has 1 aliphatic carbocycles. The molecule has 0 bridgehead atoms. The second kappa shape index (κ2) is 10.5. The van der Waals surface area contributed by atoms with Crippen LogP contribution in [0, 0.1) is 18.6 Å². The van der Waals surface area contributed by atoms with E-state index in [1.807, 2.05) is 0 Å². The Morgan fingerprint density at radius 1 is 1.08 bits per heavy atom. The molecular weight excluding hydrogens is 493 g/mol. The lowest BCUT2D eigenvalue weighted by molar-refractivity contribution is -0.138. The molecule has 0 saturated heterocycles. The average molecular weight is 520 g/mol. The Bertz CT molecular complexity index is 1320. The Labute approximate surface area is 210 Å². The molecule has 196 valence electrons. The third-order valence-electron chi connectivity index (χ3n) is 6.21. The molecule has 1 amide bonds. The summed E-state index contributed by atoms with van der Waals surface area (Å²) in [5, 5.41) is 2.52. The zero-order valence-electron chi connectivity index (χ0n) is 20.0. The molecule has 5 N–H and O–H groups in total. The summed E-state index contributed by atoms with van der Waals surface area (Å²) in [5.41, 5.74) is 10.9. The van der Waals surface area contributed by atoms with Crippen molar-refractivity contribution in [3.05, 3.63) is 88.0 Å². The topological polar surface area (TPSA) is 90.4 Å². The Morgan fingerprint density at radius 3 is 2.43 bits per heavy atom. The first kappa shape index (κ1) is 26.6. The van der Waals surface area contributed by atoms with Gasteiger partial charge in [0.05, 0.1) is 11.1 Å². The van der Waals surface area contributed by atoms with Gasteiger partial charge in [-0.05, 0) is 98.3 Å². The van der Waals surface area contributed by atoms with Crippen LogP contribution in [0.25, 0.3) is 0 Å². The van der Waals surface area contributed by atoms with Gasteiger partial charge in [0.1, 0.15) is 23.1 Å². The molecule has 0 spiro atoms. The minimum Gasteiger partial charge on any atom is -0.456 e. The number of ether oxygens (including phenoxy) is 1. The molecule has 4 rings (SSSR count). The molecule has 1 fully saturated rings. The van der Waals surface area contributed by atoms with E-state index in [2.05, 4.69) is 5.32 Å². The maximum atomic E-state index is 14.3. The monoisotopic (exact) mass is 519 g/mol. The van der Waals surface area contributed by atoms with E-state index in [0.29, 0.717) is 24.8 Å². The van der Waals surface area contributed by atoms with Crippen molar-refractivity contribution in [2.75, 3.05) is 11.9 Å². The number of nitrogens with one attached hydrogen (secondary N) is 1. The number of halogens is 5. The van der Waals surface area contributed by atoms with Gasteiger partial charge in [-0.15, -0.1) is 0 Å². The number of benzene rings is 3. The lowest BCUT2D eigenvalue weighted by atomic mass is 9.98. The van der Waals surface area contributed by atoms with Crippen LogP contribution in [0.5, 0.6) is 11.5 Å². The summed E-state index contributed by atoms with van der Waals surface area (Å²) in [4.78, 5) is 13.3. The van der Waals surface area contributed by atoms with Gasteiger partial charge in [-0.2, -0.15) is 13.2 Å². The minimum absolute atomic E-state index is 0.0376. The quantitative estimate of drug-likeness (QED) is 0.294. The summed E-state index contributed by atoms with van der Waals surface area (Å²) in [5.74, 6) is -2.21. The van der Waals surface area contributed by atoms with E-state index >= 15 is 0 Å². The average Bonchev–Trinajstić information content (AvgIpc) is 3.66. The summed E-state index contributed by atoms with van der Waals surface area (Å²) in [6, 6.07) is 8.68. The van der Waals surface area contributed by atoms with Crippen molar-refractivity contribution in [1.82, 2.24) is 0 Å². The first-order valence-corrected chi connectivity index (χ1v) is 11.7. The fourth-order valence-corrected chi connectivity index (χ4v) is 4.12. The van der Waals surface area contributed by atoms with E-state index in [9.17, 15) is 26.7 Å². The highest BCUT2D eigenvalue weighted by Crippen LogP contribution is 2.48. The summed E-state index contributed by atoms with van der Waals surface area (Å²) < 4.78 is 75.6. The number of carbonyl (C=O) groups excluding carboxylic acids is 1. The lowest BCUT2D eigenvalue weighted by Crippen LogP contribution is -2.19. The fraction of sp³-hybridized carbons (Fsp3) is 0.296. The maximum absolute atomic E-state index is 14.3. The van der Waals surface area contributed by atoms with E-state index in [0.717, 1.165) is 18.2 Å². The highest BCUT2D eigenvalue weighted by atomic mass is 19.4. The lowest BCUT2D eigenvalue weighted by Gasteiger charge is -2.19. The van der Waals surface area contributed by atoms with E-state index < -0.39 is 35.3 Å². The second-order valence-corrected chi connectivity index (χ2v) is 9.09. The third-order valence-corrected chi connectivity index (χ3v) is 6.21. The molecule has 10 heteroatoms. The van der Waals surface area contributed by atoms with Gasteiger partial charge < -0.3 is 21.5 Å². The van der Waals surface area contributed by atoms with E-state index in [-0.39, 0.29) is 46.3 Å². The molecule has 0 aliphatic heterocycles. The van der Waals surface area contributed by atoms with Gasteiger partial charge in [0.25, 0.3) is 5.91 Å². The summed E-state index contributed by atoms with van der Waals surface area (Å²) in [7, 11) is 0. The molecule has 0 aromatic heterocycles. The predicted octanol–water partition coefficient (Wildman–Crippen LogP) is 6.56. The van der Waals surface area contributed by atoms with Crippen molar-refractivity contribution in [3.63, 3.8) is 0 Å². The molecule has 5 nitrogen and oxygen atoms in total. The van der Waals surface area contributed by atoms with Gasteiger partial charge in [-0.1, -0.05) is 0 Å². The van der Waals surface area contributed by atoms with Crippen molar-refractivity contribution in [2.24, 2.45) is 11.5 Å². The van der Waals surface area contributed by atoms with Gasteiger partial charge in [0.2, 0.25) is 0 Å². The zero-order chi connectivity index (χ0) is 26.9. The molecule has 3 aromatic carbocycles. The number of carbonyl (C=O) groups is 1. The first-order chi connectivity index (χ1) is 17.5.